The average molecular weight is 283 g/mol. The van der Waals surface area contributed by atoms with Gasteiger partial charge in [0.05, 0.1) is 13.0 Å². The fourth-order valence-corrected chi connectivity index (χ4v) is 1.98. The molecule has 2 heterocycles. The molecule has 9 nitrogen and oxygen atoms in total. The number of aromatic nitrogens is 2. The van der Waals surface area contributed by atoms with Crippen LogP contribution in [0.4, 0.5) is 0 Å². The number of hydrogen-bond acceptors (Lipinski definition) is 5. The van der Waals surface area contributed by atoms with Gasteiger partial charge in [-0.05, 0) is 0 Å². The van der Waals surface area contributed by atoms with Crippen molar-refractivity contribution in [3.05, 3.63) is 32.6 Å². The number of H-pyrrole nitrogens is 2. The summed E-state index contributed by atoms with van der Waals surface area (Å²) < 4.78 is 5.00. The summed E-state index contributed by atoms with van der Waals surface area (Å²) in [7, 11) is 0. The second kappa shape index (κ2) is 5.29. The number of carboxylic acid groups (broad SMARTS) is 1. The van der Waals surface area contributed by atoms with E-state index >= 15 is 0 Å². The summed E-state index contributed by atoms with van der Waals surface area (Å²) >= 11 is 0. The normalized spacial score (nSPS) is 21.6. The number of carbonyl (C=O) groups excluding carboxylic acids is 1. The van der Waals surface area contributed by atoms with Crippen LogP contribution in [0.1, 0.15) is 12.1 Å². The minimum absolute atomic E-state index is 0.107. The summed E-state index contributed by atoms with van der Waals surface area (Å²) in [4.78, 5) is 49.5. The topological polar surface area (TPSA) is 141 Å². The number of aliphatic carboxylic acids is 1. The van der Waals surface area contributed by atoms with E-state index in [1.807, 2.05) is 4.98 Å². The third-order valence-corrected chi connectivity index (χ3v) is 2.98. The largest absolute Gasteiger partial charge is 0.479 e. The highest BCUT2D eigenvalue weighted by molar-refractivity contribution is 5.88. The molecule has 2 rings (SSSR count). The first-order chi connectivity index (χ1) is 9.41. The summed E-state index contributed by atoms with van der Waals surface area (Å²) in [6, 6.07) is 1.07. The van der Waals surface area contributed by atoms with Gasteiger partial charge in [0.25, 0.3) is 5.56 Å². The Bertz CT molecular complexity index is 612. The van der Waals surface area contributed by atoms with Gasteiger partial charge in [0.2, 0.25) is 5.91 Å². The highest BCUT2D eigenvalue weighted by Gasteiger charge is 2.43. The minimum atomic E-state index is -1.45. The van der Waals surface area contributed by atoms with Crippen LogP contribution >= 0.6 is 0 Å². The van der Waals surface area contributed by atoms with Gasteiger partial charge in [-0.3, -0.25) is 14.6 Å². The van der Waals surface area contributed by atoms with Gasteiger partial charge in [0, 0.05) is 24.8 Å². The molecular formula is C11H13N3O6. The Morgan fingerprint density at radius 1 is 1.40 bits per heavy atom. The van der Waals surface area contributed by atoms with Crippen LogP contribution in [0.15, 0.2) is 15.7 Å². The number of rotatable bonds is 4. The smallest absolute Gasteiger partial charge is 0.331 e. The molecule has 4 N–H and O–H groups in total. The molecule has 20 heavy (non-hydrogen) atoms. The van der Waals surface area contributed by atoms with E-state index in [4.69, 9.17) is 9.84 Å². The molecule has 108 valence electrons. The quantitative estimate of drug-likeness (QED) is 0.502. The van der Waals surface area contributed by atoms with Crippen LogP contribution in [0.3, 0.4) is 0 Å². The van der Waals surface area contributed by atoms with Crippen molar-refractivity contribution in [2.24, 2.45) is 0 Å². The third-order valence-electron chi connectivity index (χ3n) is 2.98. The summed E-state index contributed by atoms with van der Waals surface area (Å²) in [5.41, 5.74) is -2.69. The number of ether oxygens (including phenoxy) is 1. The second-order valence-corrected chi connectivity index (χ2v) is 4.53. The van der Waals surface area contributed by atoms with Crippen LogP contribution in [0.2, 0.25) is 0 Å². The van der Waals surface area contributed by atoms with Crippen molar-refractivity contribution in [2.45, 2.75) is 18.4 Å². The van der Waals surface area contributed by atoms with Crippen molar-refractivity contribution in [1.29, 1.82) is 0 Å². The zero-order valence-corrected chi connectivity index (χ0v) is 10.4. The molecule has 0 aromatic carbocycles. The summed E-state index contributed by atoms with van der Waals surface area (Å²) in [5, 5.41) is 11.5. The lowest BCUT2D eigenvalue weighted by Crippen LogP contribution is -2.55. The lowest BCUT2D eigenvalue weighted by Gasteiger charge is -2.23. The highest BCUT2D eigenvalue weighted by atomic mass is 16.5. The molecule has 1 fully saturated rings. The lowest BCUT2D eigenvalue weighted by atomic mass is 9.98. The molecule has 0 spiro atoms. The van der Waals surface area contributed by atoms with Gasteiger partial charge in [-0.1, -0.05) is 0 Å². The molecule has 0 radical (unpaired) electrons. The molecule has 1 aromatic rings. The molecular weight excluding hydrogens is 270 g/mol. The van der Waals surface area contributed by atoms with Crippen LogP contribution < -0.4 is 16.6 Å². The van der Waals surface area contributed by atoms with Gasteiger partial charge in [-0.2, -0.15) is 0 Å². The molecule has 0 bridgehead atoms. The van der Waals surface area contributed by atoms with Crippen molar-refractivity contribution < 1.29 is 19.4 Å². The van der Waals surface area contributed by atoms with Gasteiger partial charge in [-0.25, -0.2) is 9.59 Å². The number of nitrogens with one attached hydrogen (secondary N) is 3. The minimum Gasteiger partial charge on any atom is -0.479 e. The predicted molar refractivity (Wildman–Crippen MR) is 65.3 cm³/mol. The van der Waals surface area contributed by atoms with Crippen LogP contribution in [0.5, 0.6) is 0 Å². The van der Waals surface area contributed by atoms with Gasteiger partial charge in [-0.15, -0.1) is 0 Å². The van der Waals surface area contributed by atoms with Crippen molar-refractivity contribution >= 4 is 11.9 Å². The molecule has 0 saturated carbocycles. The highest BCUT2D eigenvalue weighted by Crippen LogP contribution is 2.19. The van der Waals surface area contributed by atoms with E-state index in [-0.39, 0.29) is 31.7 Å². The van der Waals surface area contributed by atoms with E-state index < -0.39 is 28.7 Å². The summed E-state index contributed by atoms with van der Waals surface area (Å²) in [6.45, 7) is 0.133. The first kappa shape index (κ1) is 14.0. The SMILES string of the molecule is O=C(Cc1cc(=O)[nH]c(=O)[nH]1)NC1(C(=O)O)CCOC1. The Labute approximate surface area is 112 Å². The molecule has 9 heteroatoms. The third kappa shape index (κ3) is 2.94. The molecule has 1 unspecified atom stereocenters. The van der Waals surface area contributed by atoms with E-state index in [1.54, 1.807) is 0 Å². The molecule has 0 aliphatic carbocycles. The maximum Gasteiger partial charge on any atom is 0.331 e. The lowest BCUT2D eigenvalue weighted by molar-refractivity contribution is -0.147. The molecule has 1 atom stereocenters. The maximum absolute atomic E-state index is 11.8. The summed E-state index contributed by atoms with van der Waals surface area (Å²) in [5.74, 6) is -1.79. The average Bonchev–Trinajstić information content (AvgIpc) is 2.76. The molecule has 1 aliphatic heterocycles. The predicted octanol–water partition coefficient (Wildman–Crippen LogP) is -2.03. The first-order valence-corrected chi connectivity index (χ1v) is 5.86. The number of aromatic amines is 2. The standard InChI is InChI=1S/C11H13N3O6/c15-7-3-6(12-10(19)13-7)4-8(16)14-11(9(17)18)1-2-20-5-11/h3H,1-2,4-5H2,(H,14,16)(H,17,18)(H2,12,13,15,19). The fraction of sp³-hybridized carbons (Fsp3) is 0.455. The van der Waals surface area contributed by atoms with E-state index in [0.717, 1.165) is 6.07 Å². The second-order valence-electron chi connectivity index (χ2n) is 4.53. The van der Waals surface area contributed by atoms with Gasteiger partial charge < -0.3 is 20.1 Å². The fourth-order valence-electron chi connectivity index (χ4n) is 1.98. The van der Waals surface area contributed by atoms with Crippen LogP contribution in [-0.4, -0.2) is 45.7 Å². The van der Waals surface area contributed by atoms with Crippen LogP contribution in [0, 0.1) is 0 Å². The van der Waals surface area contributed by atoms with Crippen molar-refractivity contribution in [3.8, 4) is 0 Å². The molecule has 1 aromatic heterocycles. The van der Waals surface area contributed by atoms with E-state index in [9.17, 15) is 19.2 Å². The number of carbonyl (C=O) groups is 2. The first-order valence-electron chi connectivity index (χ1n) is 5.86. The van der Waals surface area contributed by atoms with Crippen LogP contribution in [0.25, 0.3) is 0 Å². The zero-order chi connectivity index (χ0) is 14.8. The Hall–Kier alpha value is -2.42. The Kier molecular flexibility index (Phi) is 3.70. The van der Waals surface area contributed by atoms with Gasteiger partial charge >= 0.3 is 11.7 Å². The number of amides is 1. The van der Waals surface area contributed by atoms with Gasteiger partial charge in [0.1, 0.15) is 0 Å². The Balaban J connectivity index is 2.10. The Morgan fingerprint density at radius 2 is 2.15 bits per heavy atom. The van der Waals surface area contributed by atoms with Crippen molar-refractivity contribution in [3.63, 3.8) is 0 Å². The van der Waals surface area contributed by atoms with Gasteiger partial charge in [0.15, 0.2) is 5.54 Å². The monoisotopic (exact) mass is 283 g/mol. The summed E-state index contributed by atoms with van der Waals surface area (Å²) in [6.07, 6.45) is -0.131. The number of carboxylic acids is 1. The zero-order valence-electron chi connectivity index (χ0n) is 10.4. The van der Waals surface area contributed by atoms with E-state index in [1.165, 1.54) is 0 Å². The number of hydrogen-bond donors (Lipinski definition) is 4. The molecule has 1 saturated heterocycles. The van der Waals surface area contributed by atoms with Crippen LogP contribution in [-0.2, 0) is 20.7 Å². The van der Waals surface area contributed by atoms with E-state index in [2.05, 4.69) is 10.3 Å². The molecule has 1 aliphatic rings. The Morgan fingerprint density at radius 3 is 2.70 bits per heavy atom. The van der Waals surface area contributed by atoms with E-state index in [0.29, 0.717) is 0 Å². The molecule has 1 amide bonds. The van der Waals surface area contributed by atoms with Crippen molar-refractivity contribution in [1.82, 2.24) is 15.3 Å². The van der Waals surface area contributed by atoms with Crippen molar-refractivity contribution in [2.75, 3.05) is 13.2 Å². The maximum atomic E-state index is 11.8.